The highest BCUT2D eigenvalue weighted by Crippen LogP contribution is 2.55. The van der Waals surface area contributed by atoms with E-state index in [-0.39, 0.29) is 11.4 Å². The van der Waals surface area contributed by atoms with Crippen LogP contribution in [0.5, 0.6) is 0 Å². The van der Waals surface area contributed by atoms with Crippen LogP contribution in [0.1, 0.15) is 73.5 Å². The van der Waals surface area contributed by atoms with Gasteiger partial charge in [-0.15, -0.1) is 0 Å². The molecule has 4 nitrogen and oxygen atoms in total. The second-order valence-corrected chi connectivity index (χ2v) is 9.02. The first-order valence-corrected chi connectivity index (χ1v) is 9.47. The quantitative estimate of drug-likeness (QED) is 0.858. The predicted octanol–water partition coefficient (Wildman–Crippen LogP) is 3.75. The topological polar surface area (TPSA) is 57.8 Å². The Morgan fingerprint density at radius 2 is 1.73 bits per heavy atom. The van der Waals surface area contributed by atoms with E-state index >= 15 is 0 Å². The lowest BCUT2D eigenvalue weighted by molar-refractivity contribution is -0.0168. The van der Waals surface area contributed by atoms with Crippen molar-refractivity contribution in [1.82, 2.24) is 15.5 Å². The van der Waals surface area contributed by atoms with E-state index in [1.165, 1.54) is 51.4 Å². The first-order valence-electron chi connectivity index (χ1n) is 8.68. The molecule has 1 heterocycles. The van der Waals surface area contributed by atoms with E-state index in [1.54, 1.807) is 0 Å². The minimum atomic E-state index is 0.0111. The van der Waals surface area contributed by atoms with Crippen molar-refractivity contribution in [3.05, 3.63) is 15.9 Å². The lowest BCUT2D eigenvalue weighted by Crippen LogP contribution is -2.59. The van der Waals surface area contributed by atoms with Crippen molar-refractivity contribution in [2.45, 2.75) is 62.8 Å². The number of hydrogen-bond acceptors (Lipinski definition) is 2. The summed E-state index contributed by atoms with van der Waals surface area (Å²) < 4.78 is 0.886. The smallest absolute Gasteiger partial charge is 0.273 e. The Hall–Kier alpha value is -0.840. The van der Waals surface area contributed by atoms with Gasteiger partial charge in [-0.2, -0.15) is 5.10 Å². The maximum absolute atomic E-state index is 12.8. The van der Waals surface area contributed by atoms with Gasteiger partial charge < -0.3 is 5.32 Å². The Labute approximate surface area is 138 Å². The molecular weight excluding hydrogens is 342 g/mol. The van der Waals surface area contributed by atoms with E-state index in [9.17, 15) is 4.79 Å². The third kappa shape index (κ3) is 2.08. The highest BCUT2D eigenvalue weighted by molar-refractivity contribution is 9.10. The standard InChI is InChI=1S/C17H22BrN3O/c18-13-14(12-1-2-12)20-21-15(13)16(22)19-17-6-9-3-10(7-17)5-11(4-9)8-17/h9-12H,1-8H2,(H,19,22)(H,20,21). The van der Waals surface area contributed by atoms with Crippen molar-refractivity contribution in [3.8, 4) is 0 Å². The lowest BCUT2D eigenvalue weighted by Gasteiger charge is -2.56. The molecule has 0 atom stereocenters. The minimum Gasteiger partial charge on any atom is -0.345 e. The van der Waals surface area contributed by atoms with Crippen LogP contribution in [-0.4, -0.2) is 21.6 Å². The number of nitrogens with zero attached hydrogens (tertiary/aromatic N) is 1. The van der Waals surface area contributed by atoms with Crippen LogP contribution in [0, 0.1) is 17.8 Å². The average molecular weight is 364 g/mol. The van der Waals surface area contributed by atoms with Crippen LogP contribution in [0.15, 0.2) is 4.47 Å². The molecular formula is C17H22BrN3O. The van der Waals surface area contributed by atoms with Gasteiger partial charge in [-0.05, 0) is 85.1 Å². The van der Waals surface area contributed by atoms with E-state index in [0.717, 1.165) is 27.9 Å². The van der Waals surface area contributed by atoms with Crippen LogP contribution < -0.4 is 5.32 Å². The number of halogens is 1. The van der Waals surface area contributed by atoms with E-state index < -0.39 is 0 Å². The van der Waals surface area contributed by atoms with E-state index in [0.29, 0.717) is 11.6 Å². The zero-order valence-electron chi connectivity index (χ0n) is 12.7. The fourth-order valence-corrected chi connectivity index (χ4v) is 6.38. The van der Waals surface area contributed by atoms with E-state index in [1.807, 2.05) is 0 Å². The van der Waals surface area contributed by atoms with Gasteiger partial charge in [-0.25, -0.2) is 0 Å². The Bertz CT molecular complexity index is 599. The molecule has 1 amide bonds. The molecule has 4 bridgehead atoms. The molecule has 0 saturated heterocycles. The first-order chi connectivity index (χ1) is 10.6. The molecule has 22 heavy (non-hydrogen) atoms. The van der Waals surface area contributed by atoms with Crippen LogP contribution in [0.4, 0.5) is 0 Å². The minimum absolute atomic E-state index is 0.0111. The zero-order chi connectivity index (χ0) is 14.9. The second-order valence-electron chi connectivity index (χ2n) is 8.23. The summed E-state index contributed by atoms with van der Waals surface area (Å²) in [5.74, 6) is 3.11. The number of H-pyrrole nitrogens is 1. The first kappa shape index (κ1) is 13.6. The summed E-state index contributed by atoms with van der Waals surface area (Å²) in [6.45, 7) is 0. The summed E-state index contributed by atoms with van der Waals surface area (Å²) in [6, 6.07) is 0. The molecule has 0 aromatic carbocycles. The molecule has 118 valence electrons. The SMILES string of the molecule is O=C(NC12CC3CC(CC(C3)C1)C2)c1n[nH]c(C2CC2)c1Br. The molecule has 0 aliphatic heterocycles. The Kier molecular flexibility index (Phi) is 2.83. The third-order valence-corrected chi connectivity index (χ3v) is 7.15. The fraction of sp³-hybridized carbons (Fsp3) is 0.765. The van der Waals surface area contributed by atoms with Gasteiger partial charge in [0.1, 0.15) is 0 Å². The number of aromatic amines is 1. The molecule has 5 saturated carbocycles. The number of carbonyl (C=O) groups excluding carboxylic acids is 1. The van der Waals surface area contributed by atoms with Gasteiger partial charge in [0, 0.05) is 11.5 Å². The van der Waals surface area contributed by atoms with Gasteiger partial charge in [0.25, 0.3) is 5.91 Å². The van der Waals surface area contributed by atoms with Gasteiger partial charge in [0.2, 0.25) is 0 Å². The maximum atomic E-state index is 12.8. The summed E-state index contributed by atoms with van der Waals surface area (Å²) in [6.07, 6.45) is 10.1. The molecule has 0 radical (unpaired) electrons. The van der Waals surface area contributed by atoms with Crippen molar-refractivity contribution >= 4 is 21.8 Å². The number of hydrogen-bond donors (Lipinski definition) is 2. The third-order valence-electron chi connectivity index (χ3n) is 6.35. The van der Waals surface area contributed by atoms with Crippen LogP contribution in [-0.2, 0) is 0 Å². The van der Waals surface area contributed by atoms with Crippen molar-refractivity contribution in [2.75, 3.05) is 0 Å². The van der Waals surface area contributed by atoms with Crippen molar-refractivity contribution in [1.29, 1.82) is 0 Å². The van der Waals surface area contributed by atoms with Crippen molar-refractivity contribution in [3.63, 3.8) is 0 Å². The Morgan fingerprint density at radius 1 is 1.14 bits per heavy atom. The van der Waals surface area contributed by atoms with Crippen molar-refractivity contribution in [2.24, 2.45) is 17.8 Å². The van der Waals surface area contributed by atoms with Crippen LogP contribution in [0.3, 0.4) is 0 Å². The van der Waals surface area contributed by atoms with E-state index in [4.69, 9.17) is 0 Å². The fourth-order valence-electron chi connectivity index (χ4n) is 5.70. The van der Waals surface area contributed by atoms with Gasteiger partial charge >= 0.3 is 0 Å². The molecule has 2 N–H and O–H groups in total. The largest absolute Gasteiger partial charge is 0.345 e. The molecule has 5 fully saturated rings. The summed E-state index contributed by atoms with van der Waals surface area (Å²) in [7, 11) is 0. The molecule has 6 rings (SSSR count). The second kappa shape index (κ2) is 4.59. The van der Waals surface area contributed by atoms with Gasteiger partial charge in [0.15, 0.2) is 5.69 Å². The average Bonchev–Trinajstić information content (AvgIpc) is 3.19. The predicted molar refractivity (Wildman–Crippen MR) is 86.6 cm³/mol. The Morgan fingerprint density at radius 3 is 2.27 bits per heavy atom. The zero-order valence-corrected chi connectivity index (χ0v) is 14.3. The molecule has 0 unspecified atom stereocenters. The number of aromatic nitrogens is 2. The lowest BCUT2D eigenvalue weighted by atomic mass is 9.53. The molecule has 1 aromatic heterocycles. The normalized spacial score (nSPS) is 39.2. The molecule has 5 heteroatoms. The monoisotopic (exact) mass is 363 g/mol. The highest BCUT2D eigenvalue weighted by atomic mass is 79.9. The van der Waals surface area contributed by atoms with Gasteiger partial charge in [0.05, 0.1) is 10.2 Å². The highest BCUT2D eigenvalue weighted by Gasteiger charge is 2.51. The molecule has 5 aliphatic rings. The number of rotatable bonds is 3. The number of nitrogens with one attached hydrogen (secondary N) is 2. The molecule has 1 aromatic rings. The molecule has 0 spiro atoms. The summed E-state index contributed by atoms with van der Waals surface area (Å²) in [5.41, 5.74) is 1.72. The Balaban J connectivity index is 1.38. The van der Waals surface area contributed by atoms with Gasteiger partial charge in [-0.1, -0.05) is 0 Å². The van der Waals surface area contributed by atoms with Crippen LogP contribution in [0.25, 0.3) is 0 Å². The maximum Gasteiger partial charge on any atom is 0.273 e. The summed E-state index contributed by atoms with van der Waals surface area (Å²) in [5, 5.41) is 10.8. The van der Waals surface area contributed by atoms with Crippen LogP contribution in [0.2, 0.25) is 0 Å². The van der Waals surface area contributed by atoms with Gasteiger partial charge in [-0.3, -0.25) is 9.89 Å². The van der Waals surface area contributed by atoms with E-state index in [2.05, 4.69) is 31.4 Å². The van der Waals surface area contributed by atoms with Crippen LogP contribution >= 0.6 is 15.9 Å². The summed E-state index contributed by atoms with van der Waals surface area (Å²) >= 11 is 3.59. The molecule has 5 aliphatic carbocycles. The summed E-state index contributed by atoms with van der Waals surface area (Å²) in [4.78, 5) is 12.8. The number of amides is 1. The van der Waals surface area contributed by atoms with Crippen molar-refractivity contribution < 1.29 is 4.79 Å². The number of carbonyl (C=O) groups is 1.